The van der Waals surface area contributed by atoms with Crippen LogP contribution in [0.25, 0.3) is 11.3 Å². The number of hydrogen-bond donors (Lipinski definition) is 1. The monoisotopic (exact) mass is 405 g/mol. The average Bonchev–Trinajstić information content (AvgIpc) is 3.48. The molecule has 0 unspecified atom stereocenters. The molecular formula is C22H19N3O3S. The summed E-state index contributed by atoms with van der Waals surface area (Å²) in [7, 11) is 0. The lowest BCUT2D eigenvalue weighted by atomic mass is 10.1. The minimum absolute atomic E-state index is 0.104. The summed E-state index contributed by atoms with van der Waals surface area (Å²) in [6.07, 6.45) is 2.33. The topological polar surface area (TPSA) is 71.5 Å². The first kappa shape index (κ1) is 17.9. The summed E-state index contributed by atoms with van der Waals surface area (Å²) in [5.41, 5.74) is 4.31. The molecule has 1 fully saturated rings. The number of anilines is 2. The fourth-order valence-electron chi connectivity index (χ4n) is 3.72. The molecule has 0 aliphatic carbocycles. The highest BCUT2D eigenvalue weighted by molar-refractivity contribution is 7.14. The number of fused-ring (bicyclic) bond motifs is 1. The Morgan fingerprint density at radius 1 is 1.17 bits per heavy atom. The average molecular weight is 405 g/mol. The third-order valence-corrected chi connectivity index (χ3v) is 5.96. The van der Waals surface area contributed by atoms with Crippen LogP contribution in [0.2, 0.25) is 0 Å². The van der Waals surface area contributed by atoms with Gasteiger partial charge in [-0.25, -0.2) is 4.98 Å². The van der Waals surface area contributed by atoms with Crippen molar-refractivity contribution < 1.29 is 14.3 Å². The minimum Gasteiger partial charge on any atom is -0.493 e. The fraction of sp³-hybridized carbons (Fsp3) is 0.227. The number of amides is 2. The van der Waals surface area contributed by atoms with Gasteiger partial charge in [-0.1, -0.05) is 6.07 Å². The number of nitrogens with zero attached hydrogens (tertiary/aromatic N) is 2. The number of aromatic nitrogens is 1. The Bertz CT molecular complexity index is 1110. The molecule has 146 valence electrons. The van der Waals surface area contributed by atoms with Gasteiger partial charge < -0.3 is 9.64 Å². The Hall–Kier alpha value is -3.19. The first-order valence-electron chi connectivity index (χ1n) is 9.61. The van der Waals surface area contributed by atoms with Gasteiger partial charge in [0.1, 0.15) is 5.75 Å². The zero-order valence-electron chi connectivity index (χ0n) is 15.7. The largest absolute Gasteiger partial charge is 0.493 e. The van der Waals surface area contributed by atoms with Crippen LogP contribution >= 0.6 is 11.3 Å². The SMILES string of the molecule is O=C(Nc1nc(-c2ccc3c(c2)CCO3)cs1)c1cccc(N2CCCC2=O)c1. The summed E-state index contributed by atoms with van der Waals surface area (Å²) < 4.78 is 5.55. The van der Waals surface area contributed by atoms with Gasteiger partial charge in [0.15, 0.2) is 5.13 Å². The van der Waals surface area contributed by atoms with E-state index in [1.807, 2.05) is 23.6 Å². The van der Waals surface area contributed by atoms with Crippen LogP contribution in [-0.2, 0) is 11.2 Å². The van der Waals surface area contributed by atoms with E-state index in [0.717, 1.165) is 42.1 Å². The number of nitrogens with one attached hydrogen (secondary N) is 1. The molecule has 2 amide bonds. The maximum Gasteiger partial charge on any atom is 0.257 e. The lowest BCUT2D eigenvalue weighted by Crippen LogP contribution is -2.24. The number of rotatable bonds is 4. The molecule has 1 saturated heterocycles. The number of carbonyl (C=O) groups is 2. The molecule has 0 radical (unpaired) electrons. The number of thiazole rings is 1. The minimum atomic E-state index is -0.234. The Morgan fingerprint density at radius 2 is 2.10 bits per heavy atom. The van der Waals surface area contributed by atoms with E-state index < -0.39 is 0 Å². The lowest BCUT2D eigenvalue weighted by Gasteiger charge is -2.16. The van der Waals surface area contributed by atoms with E-state index in [4.69, 9.17) is 4.74 Å². The summed E-state index contributed by atoms with van der Waals surface area (Å²) in [6.45, 7) is 1.42. The summed E-state index contributed by atoms with van der Waals surface area (Å²) in [6, 6.07) is 13.2. The Kier molecular flexibility index (Phi) is 4.52. The molecule has 1 aromatic heterocycles. The van der Waals surface area contributed by atoms with Gasteiger partial charge in [-0.15, -0.1) is 11.3 Å². The Morgan fingerprint density at radius 3 is 2.97 bits per heavy atom. The van der Waals surface area contributed by atoms with Crippen molar-refractivity contribution in [3.05, 3.63) is 59.0 Å². The van der Waals surface area contributed by atoms with Gasteiger partial charge in [0, 0.05) is 41.6 Å². The van der Waals surface area contributed by atoms with Gasteiger partial charge in [-0.2, -0.15) is 0 Å². The van der Waals surface area contributed by atoms with Crippen molar-refractivity contribution in [2.24, 2.45) is 0 Å². The molecule has 5 rings (SSSR count). The smallest absolute Gasteiger partial charge is 0.257 e. The van der Waals surface area contributed by atoms with Crippen molar-refractivity contribution in [3.63, 3.8) is 0 Å². The second-order valence-electron chi connectivity index (χ2n) is 7.11. The van der Waals surface area contributed by atoms with Crippen LogP contribution in [0.4, 0.5) is 10.8 Å². The predicted octanol–water partition coefficient (Wildman–Crippen LogP) is 4.12. The Labute approximate surface area is 172 Å². The van der Waals surface area contributed by atoms with E-state index in [1.54, 1.807) is 23.1 Å². The molecule has 2 aromatic carbocycles. The van der Waals surface area contributed by atoms with Crippen LogP contribution in [0.15, 0.2) is 47.8 Å². The standard InChI is InChI=1S/C22H19N3O3S/c26-20-5-2-9-25(20)17-4-1-3-16(12-17)21(27)24-22-23-18(13-29-22)14-6-7-19-15(11-14)8-10-28-19/h1,3-4,6-7,11-13H,2,5,8-10H2,(H,23,24,27). The molecule has 0 spiro atoms. The quantitative estimate of drug-likeness (QED) is 0.709. The predicted molar refractivity (Wildman–Crippen MR) is 113 cm³/mol. The van der Waals surface area contributed by atoms with Crippen molar-refractivity contribution in [2.75, 3.05) is 23.4 Å². The molecule has 1 N–H and O–H groups in total. The zero-order valence-corrected chi connectivity index (χ0v) is 16.5. The van der Waals surface area contributed by atoms with Gasteiger partial charge in [-0.05, 0) is 48.4 Å². The van der Waals surface area contributed by atoms with Gasteiger partial charge in [0.2, 0.25) is 5.91 Å². The highest BCUT2D eigenvalue weighted by atomic mass is 32.1. The van der Waals surface area contributed by atoms with Crippen LogP contribution in [0.3, 0.4) is 0 Å². The third-order valence-electron chi connectivity index (χ3n) is 5.20. The van der Waals surface area contributed by atoms with Gasteiger partial charge in [0.25, 0.3) is 5.91 Å². The van der Waals surface area contributed by atoms with E-state index >= 15 is 0 Å². The first-order chi connectivity index (χ1) is 14.2. The molecule has 0 saturated carbocycles. The molecular weight excluding hydrogens is 386 g/mol. The molecule has 3 heterocycles. The maximum atomic E-state index is 12.7. The molecule has 29 heavy (non-hydrogen) atoms. The lowest BCUT2D eigenvalue weighted by molar-refractivity contribution is -0.117. The normalized spacial score (nSPS) is 15.3. The van der Waals surface area contributed by atoms with Crippen LogP contribution in [0, 0.1) is 0 Å². The fourth-order valence-corrected chi connectivity index (χ4v) is 4.43. The second kappa shape index (κ2) is 7.33. The Balaban J connectivity index is 1.32. The van der Waals surface area contributed by atoms with Crippen molar-refractivity contribution in [2.45, 2.75) is 19.3 Å². The van der Waals surface area contributed by atoms with E-state index in [1.165, 1.54) is 16.9 Å². The molecule has 2 aliphatic heterocycles. The van der Waals surface area contributed by atoms with E-state index in [9.17, 15) is 9.59 Å². The van der Waals surface area contributed by atoms with Crippen molar-refractivity contribution in [1.82, 2.24) is 4.98 Å². The maximum absolute atomic E-state index is 12.7. The number of carbonyl (C=O) groups excluding carboxylic acids is 2. The summed E-state index contributed by atoms with van der Waals surface area (Å²) >= 11 is 1.39. The molecule has 0 atom stereocenters. The van der Waals surface area contributed by atoms with Crippen LogP contribution in [0.1, 0.15) is 28.8 Å². The number of benzene rings is 2. The summed E-state index contributed by atoms with van der Waals surface area (Å²) in [4.78, 5) is 31.0. The molecule has 2 aliphatic rings. The molecule has 3 aromatic rings. The van der Waals surface area contributed by atoms with Gasteiger partial charge in [0.05, 0.1) is 12.3 Å². The highest BCUT2D eigenvalue weighted by Crippen LogP contribution is 2.32. The van der Waals surface area contributed by atoms with Crippen molar-refractivity contribution >= 4 is 34.0 Å². The third kappa shape index (κ3) is 3.49. The molecule has 0 bridgehead atoms. The number of hydrogen-bond acceptors (Lipinski definition) is 5. The second-order valence-corrected chi connectivity index (χ2v) is 7.97. The van der Waals surface area contributed by atoms with Crippen LogP contribution in [0.5, 0.6) is 5.75 Å². The molecule has 7 heteroatoms. The van der Waals surface area contributed by atoms with Crippen molar-refractivity contribution in [3.8, 4) is 17.0 Å². The van der Waals surface area contributed by atoms with Crippen molar-refractivity contribution in [1.29, 1.82) is 0 Å². The summed E-state index contributed by atoms with van der Waals surface area (Å²) in [5.74, 6) is 0.808. The van der Waals surface area contributed by atoms with E-state index in [2.05, 4.69) is 16.4 Å². The molecule has 6 nitrogen and oxygen atoms in total. The van der Waals surface area contributed by atoms with E-state index in [-0.39, 0.29) is 11.8 Å². The van der Waals surface area contributed by atoms with Gasteiger partial charge >= 0.3 is 0 Å². The van der Waals surface area contributed by atoms with Crippen LogP contribution in [-0.4, -0.2) is 29.9 Å². The van der Waals surface area contributed by atoms with Crippen LogP contribution < -0.4 is 15.0 Å². The summed E-state index contributed by atoms with van der Waals surface area (Å²) in [5, 5.41) is 5.35. The number of ether oxygens (including phenoxy) is 1. The highest BCUT2D eigenvalue weighted by Gasteiger charge is 2.22. The van der Waals surface area contributed by atoms with E-state index in [0.29, 0.717) is 23.7 Å². The zero-order chi connectivity index (χ0) is 19.8. The van der Waals surface area contributed by atoms with Gasteiger partial charge in [-0.3, -0.25) is 14.9 Å². The first-order valence-corrected chi connectivity index (χ1v) is 10.5.